The van der Waals surface area contributed by atoms with Crippen LogP contribution in [0.15, 0.2) is 46.4 Å². The first kappa shape index (κ1) is 24.9. The Kier molecular flexibility index (Phi) is 8.66. The van der Waals surface area contributed by atoms with E-state index in [9.17, 15) is 10.2 Å². The normalized spacial score (nSPS) is 12.5. The fraction of sp³-hybridized carbons (Fsp3) is 0.417. The molecule has 1 radical (unpaired) electrons. The van der Waals surface area contributed by atoms with Crippen molar-refractivity contribution < 1.29 is 27.0 Å². The predicted molar refractivity (Wildman–Crippen MR) is 114 cm³/mol. The zero-order chi connectivity index (χ0) is 20.9. The number of aliphatic imine (C=N–C) groups is 2. The quantitative estimate of drug-likeness (QED) is 0.525. The molecule has 4 nitrogen and oxygen atoms in total. The van der Waals surface area contributed by atoms with E-state index in [0.717, 1.165) is 11.1 Å². The second-order valence-electron chi connectivity index (χ2n) is 9.08. The Morgan fingerprint density at radius 2 is 1.03 bits per heavy atom. The smallest absolute Gasteiger partial charge is 0.872 e. The van der Waals surface area contributed by atoms with Gasteiger partial charge in [0.25, 0.3) is 0 Å². The molecule has 5 heteroatoms. The van der Waals surface area contributed by atoms with Crippen LogP contribution in [0.1, 0.15) is 63.8 Å². The molecule has 0 unspecified atom stereocenters. The van der Waals surface area contributed by atoms with E-state index in [2.05, 4.69) is 51.5 Å². The van der Waals surface area contributed by atoms with Gasteiger partial charge in [-0.2, -0.15) is 0 Å². The molecule has 157 valence electrons. The fourth-order valence-electron chi connectivity index (χ4n) is 2.67. The van der Waals surface area contributed by atoms with Crippen LogP contribution in [0.3, 0.4) is 0 Å². The molecule has 0 aliphatic rings. The summed E-state index contributed by atoms with van der Waals surface area (Å²) in [4.78, 5) is 8.64. The van der Waals surface area contributed by atoms with Crippen molar-refractivity contribution in [3.8, 4) is 11.5 Å². The third-order valence-electron chi connectivity index (χ3n) is 4.57. The van der Waals surface area contributed by atoms with Gasteiger partial charge in [-0.05, 0) is 33.1 Å². The summed E-state index contributed by atoms with van der Waals surface area (Å²) in [6.45, 7) is 13.6. The molecule has 0 aromatic heterocycles. The molecule has 0 aliphatic carbocycles. The van der Waals surface area contributed by atoms with Crippen LogP contribution in [-0.2, 0) is 27.6 Å². The van der Waals surface area contributed by atoms with Gasteiger partial charge in [0.15, 0.2) is 0 Å². The standard InChI is InChI=1S/C24H32N2O2.Co/c1-23(2,3)19-7-9-21(27)17(13-19)15-25-11-12-26-16-18-14-20(24(4,5)6)8-10-22(18)28;/h7-10,13-16,27-28H,11-12H2,1-6H3;/q;+2/p-2. The molecule has 0 bridgehead atoms. The van der Waals surface area contributed by atoms with E-state index in [-0.39, 0.29) is 39.1 Å². The largest absolute Gasteiger partial charge is 2.00 e. The van der Waals surface area contributed by atoms with Crippen molar-refractivity contribution in [1.82, 2.24) is 0 Å². The first-order chi connectivity index (χ1) is 13.0. The first-order valence-electron chi connectivity index (χ1n) is 9.61. The van der Waals surface area contributed by atoms with E-state index in [1.165, 1.54) is 0 Å². The summed E-state index contributed by atoms with van der Waals surface area (Å²) < 4.78 is 0. The van der Waals surface area contributed by atoms with Gasteiger partial charge in [0, 0.05) is 12.4 Å². The Hall–Kier alpha value is -2.11. The Balaban J connectivity index is 0.00000420. The number of hydrogen-bond acceptors (Lipinski definition) is 4. The van der Waals surface area contributed by atoms with Crippen molar-refractivity contribution in [3.05, 3.63) is 58.7 Å². The maximum atomic E-state index is 12.0. The molecule has 29 heavy (non-hydrogen) atoms. The summed E-state index contributed by atoms with van der Waals surface area (Å²) in [7, 11) is 0. The molecule has 0 N–H and O–H groups in total. The zero-order valence-electron chi connectivity index (χ0n) is 18.1. The average Bonchev–Trinajstić information content (AvgIpc) is 2.58. The van der Waals surface area contributed by atoms with Crippen LogP contribution in [0, 0.1) is 0 Å². The second-order valence-corrected chi connectivity index (χ2v) is 9.08. The van der Waals surface area contributed by atoms with Crippen molar-refractivity contribution in [2.24, 2.45) is 9.98 Å². The zero-order valence-corrected chi connectivity index (χ0v) is 19.1. The van der Waals surface area contributed by atoms with E-state index in [0.29, 0.717) is 24.2 Å². The van der Waals surface area contributed by atoms with Gasteiger partial charge in [0.05, 0.1) is 13.1 Å². The van der Waals surface area contributed by atoms with Gasteiger partial charge in [-0.25, -0.2) is 0 Å². The maximum Gasteiger partial charge on any atom is 2.00 e. The molecule has 0 saturated heterocycles. The maximum absolute atomic E-state index is 12.0. The summed E-state index contributed by atoms with van der Waals surface area (Å²) >= 11 is 0. The topological polar surface area (TPSA) is 70.8 Å². The van der Waals surface area contributed by atoms with Gasteiger partial charge in [0.2, 0.25) is 0 Å². The van der Waals surface area contributed by atoms with Crippen molar-refractivity contribution in [1.29, 1.82) is 0 Å². The number of nitrogens with zero attached hydrogens (tertiary/aromatic N) is 2. The van der Waals surface area contributed by atoms with Crippen molar-refractivity contribution in [2.45, 2.75) is 52.4 Å². The monoisotopic (exact) mass is 437 g/mol. The van der Waals surface area contributed by atoms with Crippen molar-refractivity contribution >= 4 is 12.4 Å². The minimum Gasteiger partial charge on any atom is -0.872 e. The summed E-state index contributed by atoms with van der Waals surface area (Å²) in [6, 6.07) is 10.7. The van der Waals surface area contributed by atoms with Crippen LogP contribution >= 0.6 is 0 Å². The summed E-state index contributed by atoms with van der Waals surface area (Å²) in [5, 5.41) is 24.0. The Morgan fingerprint density at radius 3 is 1.34 bits per heavy atom. The van der Waals surface area contributed by atoms with E-state index in [1.807, 2.05) is 24.3 Å². The SMILES string of the molecule is CC(C)(C)c1ccc([O-])c(C=NCCN=Cc2cc(C(C)(C)C)ccc2[O-])c1.[Co+2]. The molecule has 0 fully saturated rings. The molecule has 0 heterocycles. The fourth-order valence-corrected chi connectivity index (χ4v) is 2.67. The van der Waals surface area contributed by atoms with Crippen molar-refractivity contribution in [3.63, 3.8) is 0 Å². The summed E-state index contributed by atoms with van der Waals surface area (Å²) in [5.41, 5.74) is 3.37. The molecule has 2 rings (SSSR count). The molecule has 2 aromatic carbocycles. The molecular weight excluding hydrogens is 407 g/mol. The summed E-state index contributed by atoms with van der Waals surface area (Å²) in [6.07, 6.45) is 3.23. The molecule has 0 aliphatic heterocycles. The van der Waals surface area contributed by atoms with E-state index >= 15 is 0 Å². The molecule has 0 atom stereocenters. The second kappa shape index (κ2) is 10.1. The van der Waals surface area contributed by atoms with Crippen LogP contribution in [0.5, 0.6) is 11.5 Å². The minimum atomic E-state index is -0.0322. The van der Waals surface area contributed by atoms with Gasteiger partial charge >= 0.3 is 16.8 Å². The van der Waals surface area contributed by atoms with E-state index in [1.54, 1.807) is 24.6 Å². The van der Waals surface area contributed by atoms with Crippen LogP contribution < -0.4 is 10.2 Å². The number of rotatable bonds is 5. The van der Waals surface area contributed by atoms with Gasteiger partial charge < -0.3 is 10.2 Å². The number of benzene rings is 2. The van der Waals surface area contributed by atoms with Gasteiger partial charge in [-0.15, -0.1) is 11.5 Å². The van der Waals surface area contributed by atoms with Gasteiger partial charge in [-0.1, -0.05) is 77.9 Å². The van der Waals surface area contributed by atoms with Crippen LogP contribution in [-0.4, -0.2) is 25.5 Å². The molecule has 0 saturated carbocycles. The molecule has 0 spiro atoms. The van der Waals surface area contributed by atoms with Crippen molar-refractivity contribution in [2.75, 3.05) is 13.1 Å². The Morgan fingerprint density at radius 1 is 0.690 bits per heavy atom. The van der Waals surface area contributed by atoms with Crippen LogP contribution in [0.25, 0.3) is 0 Å². The number of hydrogen-bond donors (Lipinski definition) is 0. The Labute approximate surface area is 185 Å². The van der Waals surface area contributed by atoms with E-state index in [4.69, 9.17) is 0 Å². The average molecular weight is 437 g/mol. The Bertz CT molecular complexity index is 802. The first-order valence-corrected chi connectivity index (χ1v) is 9.61. The van der Waals surface area contributed by atoms with E-state index < -0.39 is 0 Å². The van der Waals surface area contributed by atoms with Gasteiger partial charge in [-0.3, -0.25) is 9.98 Å². The van der Waals surface area contributed by atoms with Gasteiger partial charge in [0.1, 0.15) is 0 Å². The third-order valence-corrected chi connectivity index (χ3v) is 4.57. The minimum absolute atomic E-state index is 0. The molecule has 0 amide bonds. The predicted octanol–water partition coefficient (Wildman–Crippen LogP) is 3.96. The summed E-state index contributed by atoms with van der Waals surface area (Å²) in [5.74, 6) is -0.0644. The third kappa shape index (κ3) is 7.33. The molecular formula is C24H30CoN2O2. The molecule has 2 aromatic rings. The van der Waals surface area contributed by atoms with Crippen LogP contribution in [0.2, 0.25) is 0 Å². The van der Waals surface area contributed by atoms with Crippen LogP contribution in [0.4, 0.5) is 0 Å².